The number of hydrogen-bond donors (Lipinski definition) is 2. The van der Waals surface area contributed by atoms with Crippen molar-refractivity contribution < 1.29 is 8.42 Å². The Hall–Kier alpha value is -2.64. The van der Waals surface area contributed by atoms with Gasteiger partial charge >= 0.3 is 0 Å². The molecular formula is C18H16ClN3O3S. The van der Waals surface area contributed by atoms with E-state index in [1.54, 1.807) is 50.2 Å². The van der Waals surface area contributed by atoms with Crippen LogP contribution in [0.5, 0.6) is 0 Å². The summed E-state index contributed by atoms with van der Waals surface area (Å²) in [7, 11) is -3.81. The van der Waals surface area contributed by atoms with Crippen molar-refractivity contribution in [3.05, 3.63) is 75.2 Å². The molecule has 2 N–H and O–H groups in total. The summed E-state index contributed by atoms with van der Waals surface area (Å²) in [5.74, 6) is 0.370. The van der Waals surface area contributed by atoms with Gasteiger partial charge in [-0.25, -0.2) is 13.4 Å². The molecule has 26 heavy (non-hydrogen) atoms. The maximum absolute atomic E-state index is 12.7. The molecular weight excluding hydrogens is 374 g/mol. The fourth-order valence-electron chi connectivity index (χ4n) is 2.52. The molecule has 1 heterocycles. The first-order chi connectivity index (χ1) is 12.2. The van der Waals surface area contributed by atoms with Crippen molar-refractivity contribution in [3.63, 3.8) is 0 Å². The Bertz CT molecular complexity index is 1140. The Morgan fingerprint density at radius 2 is 1.85 bits per heavy atom. The second-order valence-electron chi connectivity index (χ2n) is 5.83. The predicted molar refractivity (Wildman–Crippen MR) is 102 cm³/mol. The zero-order valence-corrected chi connectivity index (χ0v) is 15.6. The van der Waals surface area contributed by atoms with Crippen molar-refractivity contribution in [2.24, 2.45) is 0 Å². The van der Waals surface area contributed by atoms with Gasteiger partial charge in [-0.15, -0.1) is 0 Å². The van der Waals surface area contributed by atoms with Crippen molar-refractivity contribution in [2.75, 3.05) is 4.72 Å². The number of hydrogen-bond acceptors (Lipinski definition) is 4. The summed E-state index contributed by atoms with van der Waals surface area (Å²) < 4.78 is 27.9. The molecule has 0 amide bonds. The van der Waals surface area contributed by atoms with E-state index in [9.17, 15) is 13.2 Å². The molecule has 0 atom stereocenters. The number of aryl methyl sites for hydroxylation is 2. The summed E-state index contributed by atoms with van der Waals surface area (Å²) in [6.45, 7) is 3.41. The van der Waals surface area contributed by atoms with Crippen LogP contribution in [0.2, 0.25) is 5.02 Å². The average molecular weight is 390 g/mol. The van der Waals surface area contributed by atoms with E-state index >= 15 is 0 Å². The van der Waals surface area contributed by atoms with Crippen LogP contribution in [-0.2, 0) is 10.0 Å². The Kier molecular flexibility index (Phi) is 4.84. The predicted octanol–water partition coefficient (Wildman–Crippen LogP) is 3.51. The van der Waals surface area contributed by atoms with Crippen molar-refractivity contribution in [3.8, 4) is 11.4 Å². The minimum atomic E-state index is -3.81. The highest BCUT2D eigenvalue weighted by molar-refractivity contribution is 7.92. The molecule has 0 fully saturated rings. The maximum Gasteiger partial charge on any atom is 0.262 e. The third kappa shape index (κ3) is 3.95. The monoisotopic (exact) mass is 389 g/mol. The summed E-state index contributed by atoms with van der Waals surface area (Å²) in [5, 5.41) is 0.339. The van der Waals surface area contributed by atoms with Crippen LogP contribution < -0.4 is 10.3 Å². The van der Waals surface area contributed by atoms with Gasteiger partial charge in [-0.2, -0.15) is 0 Å². The smallest absolute Gasteiger partial charge is 0.262 e. The Morgan fingerprint density at radius 1 is 1.08 bits per heavy atom. The SMILES string of the molecule is Cc1cc(=O)[nH]c(-c2cccc(NS(=O)(=O)c3cc(Cl)ccc3C)c2)n1. The van der Waals surface area contributed by atoms with Crippen LogP contribution in [0.15, 0.2) is 58.2 Å². The Labute approximate surface area is 155 Å². The van der Waals surface area contributed by atoms with Crippen molar-refractivity contribution in [1.29, 1.82) is 0 Å². The maximum atomic E-state index is 12.7. The van der Waals surface area contributed by atoms with E-state index in [1.807, 2.05) is 0 Å². The van der Waals surface area contributed by atoms with Gasteiger partial charge in [0.05, 0.1) is 4.90 Å². The number of aromatic amines is 1. The molecule has 8 heteroatoms. The van der Waals surface area contributed by atoms with Gasteiger partial charge in [-0.1, -0.05) is 29.8 Å². The van der Waals surface area contributed by atoms with Gasteiger partial charge in [-0.05, 0) is 43.7 Å². The van der Waals surface area contributed by atoms with Crippen LogP contribution in [0, 0.1) is 13.8 Å². The number of rotatable bonds is 4. The fourth-order valence-corrected chi connectivity index (χ4v) is 4.08. The number of H-pyrrole nitrogens is 1. The molecule has 2 aromatic carbocycles. The zero-order valence-electron chi connectivity index (χ0n) is 14.1. The molecule has 134 valence electrons. The van der Waals surface area contributed by atoms with Gasteiger partial charge in [0.1, 0.15) is 5.82 Å². The van der Waals surface area contributed by atoms with E-state index in [4.69, 9.17) is 11.6 Å². The van der Waals surface area contributed by atoms with Gasteiger partial charge in [0, 0.05) is 28.0 Å². The molecule has 0 spiro atoms. The number of sulfonamides is 1. The number of nitrogens with zero attached hydrogens (tertiary/aromatic N) is 1. The largest absolute Gasteiger partial charge is 0.307 e. The molecule has 0 saturated carbocycles. The quantitative estimate of drug-likeness (QED) is 0.714. The van der Waals surface area contributed by atoms with Gasteiger partial charge in [0.2, 0.25) is 0 Å². The highest BCUT2D eigenvalue weighted by Crippen LogP contribution is 2.25. The lowest BCUT2D eigenvalue weighted by Gasteiger charge is -2.12. The molecule has 1 aromatic heterocycles. The van der Waals surface area contributed by atoms with Gasteiger partial charge in [0.15, 0.2) is 0 Å². The molecule has 0 bridgehead atoms. The van der Waals surface area contributed by atoms with E-state index in [0.717, 1.165) is 0 Å². The molecule has 0 radical (unpaired) electrons. The highest BCUT2D eigenvalue weighted by Gasteiger charge is 2.18. The lowest BCUT2D eigenvalue weighted by Crippen LogP contribution is -2.14. The second kappa shape index (κ2) is 6.93. The number of halogens is 1. The molecule has 0 saturated heterocycles. The van der Waals surface area contributed by atoms with Crippen molar-refractivity contribution in [1.82, 2.24) is 9.97 Å². The van der Waals surface area contributed by atoms with E-state index in [2.05, 4.69) is 14.7 Å². The van der Waals surface area contributed by atoms with Crippen LogP contribution in [0.3, 0.4) is 0 Å². The Morgan fingerprint density at radius 3 is 2.58 bits per heavy atom. The van der Waals surface area contributed by atoms with E-state index in [0.29, 0.717) is 33.4 Å². The third-order valence-electron chi connectivity index (χ3n) is 3.70. The Balaban J connectivity index is 1.98. The number of nitrogens with one attached hydrogen (secondary N) is 2. The standard InChI is InChI=1S/C18H16ClN3O3S/c1-11-6-7-14(19)10-16(11)26(24,25)22-15-5-3-4-13(9-15)18-20-12(2)8-17(23)21-18/h3-10,22H,1-2H3,(H,20,21,23). The number of benzene rings is 2. The normalized spacial score (nSPS) is 11.3. The summed E-state index contributed by atoms with van der Waals surface area (Å²) in [6, 6.07) is 12.7. The minimum Gasteiger partial charge on any atom is -0.307 e. The zero-order chi connectivity index (χ0) is 18.9. The van der Waals surface area contributed by atoms with Gasteiger partial charge in [-0.3, -0.25) is 9.52 Å². The topological polar surface area (TPSA) is 91.9 Å². The van der Waals surface area contributed by atoms with Crippen LogP contribution in [-0.4, -0.2) is 18.4 Å². The van der Waals surface area contributed by atoms with Crippen LogP contribution in [0.25, 0.3) is 11.4 Å². The lowest BCUT2D eigenvalue weighted by atomic mass is 10.2. The fraction of sp³-hybridized carbons (Fsp3) is 0.111. The first-order valence-corrected chi connectivity index (χ1v) is 9.58. The number of anilines is 1. The first kappa shape index (κ1) is 18.2. The lowest BCUT2D eigenvalue weighted by molar-refractivity contribution is 0.600. The molecule has 0 aliphatic carbocycles. The summed E-state index contributed by atoms with van der Waals surface area (Å²) >= 11 is 5.93. The summed E-state index contributed by atoms with van der Waals surface area (Å²) in [5.41, 5.74) is 1.83. The summed E-state index contributed by atoms with van der Waals surface area (Å²) in [4.78, 5) is 18.7. The first-order valence-electron chi connectivity index (χ1n) is 7.72. The van der Waals surface area contributed by atoms with E-state index in [1.165, 1.54) is 12.1 Å². The van der Waals surface area contributed by atoms with E-state index in [-0.39, 0.29) is 10.5 Å². The van der Waals surface area contributed by atoms with Gasteiger partial charge < -0.3 is 4.98 Å². The highest BCUT2D eigenvalue weighted by atomic mass is 35.5. The van der Waals surface area contributed by atoms with Crippen LogP contribution in [0.4, 0.5) is 5.69 Å². The average Bonchev–Trinajstić information content (AvgIpc) is 2.56. The summed E-state index contributed by atoms with van der Waals surface area (Å²) in [6.07, 6.45) is 0. The number of aromatic nitrogens is 2. The molecule has 3 rings (SSSR count). The van der Waals surface area contributed by atoms with Crippen molar-refractivity contribution in [2.45, 2.75) is 18.7 Å². The van der Waals surface area contributed by atoms with Crippen LogP contribution in [0.1, 0.15) is 11.3 Å². The van der Waals surface area contributed by atoms with Gasteiger partial charge in [0.25, 0.3) is 15.6 Å². The molecule has 6 nitrogen and oxygen atoms in total. The minimum absolute atomic E-state index is 0.109. The molecule has 0 aliphatic heterocycles. The van der Waals surface area contributed by atoms with Crippen LogP contribution >= 0.6 is 11.6 Å². The third-order valence-corrected chi connectivity index (χ3v) is 5.46. The molecule has 3 aromatic rings. The molecule has 0 aliphatic rings. The van der Waals surface area contributed by atoms with E-state index < -0.39 is 10.0 Å². The van der Waals surface area contributed by atoms with Crippen molar-refractivity contribution >= 4 is 27.3 Å². The molecule has 0 unspecified atom stereocenters. The second-order valence-corrected chi connectivity index (χ2v) is 7.92.